The minimum atomic E-state index is -0.0221. The van der Waals surface area contributed by atoms with E-state index in [9.17, 15) is 4.79 Å². The monoisotopic (exact) mass is 277 g/mol. The van der Waals surface area contributed by atoms with E-state index >= 15 is 0 Å². The molecular weight excluding hydrogens is 254 g/mol. The third-order valence-electron chi connectivity index (χ3n) is 3.47. The third-order valence-corrected chi connectivity index (χ3v) is 3.47. The summed E-state index contributed by atoms with van der Waals surface area (Å²) in [6, 6.07) is 0. The van der Waals surface area contributed by atoms with Crippen molar-refractivity contribution in [1.29, 1.82) is 0 Å². The smallest absolute Gasteiger partial charge is 0.327 e. The van der Waals surface area contributed by atoms with E-state index in [0.717, 1.165) is 50.3 Å². The van der Waals surface area contributed by atoms with Gasteiger partial charge in [0.1, 0.15) is 5.82 Å². The zero-order valence-electron chi connectivity index (χ0n) is 12.2. The number of rotatable bonds is 8. The molecule has 2 aromatic rings. The summed E-state index contributed by atoms with van der Waals surface area (Å²) in [4.78, 5) is 18.9. The van der Waals surface area contributed by atoms with Crippen LogP contribution in [0.25, 0.3) is 0 Å². The van der Waals surface area contributed by atoms with Crippen LogP contribution in [0.5, 0.6) is 0 Å². The second kappa shape index (κ2) is 6.98. The summed E-state index contributed by atoms with van der Waals surface area (Å²) in [5, 5.41) is 3.08. The SMILES string of the molecule is CCCCc1c(NC)[nH]c(=O)n1CCCn1ccnc1. The third kappa shape index (κ3) is 3.31. The van der Waals surface area contributed by atoms with E-state index in [1.807, 2.05) is 22.4 Å². The van der Waals surface area contributed by atoms with Crippen molar-refractivity contribution in [2.45, 2.75) is 45.7 Å². The van der Waals surface area contributed by atoms with Crippen LogP contribution in [0.15, 0.2) is 23.5 Å². The average molecular weight is 277 g/mol. The molecule has 2 N–H and O–H groups in total. The Labute approximate surface area is 118 Å². The van der Waals surface area contributed by atoms with Gasteiger partial charge in [-0.1, -0.05) is 13.3 Å². The zero-order valence-corrected chi connectivity index (χ0v) is 12.2. The first-order chi connectivity index (χ1) is 9.76. The van der Waals surface area contributed by atoms with Gasteiger partial charge in [-0.2, -0.15) is 0 Å². The zero-order chi connectivity index (χ0) is 14.4. The Morgan fingerprint density at radius 3 is 2.85 bits per heavy atom. The highest BCUT2D eigenvalue weighted by molar-refractivity contribution is 5.40. The number of anilines is 1. The second-order valence-electron chi connectivity index (χ2n) is 4.91. The molecule has 2 rings (SSSR count). The molecule has 0 fully saturated rings. The van der Waals surface area contributed by atoms with E-state index in [1.54, 1.807) is 12.5 Å². The van der Waals surface area contributed by atoms with Gasteiger partial charge in [-0.05, 0) is 19.3 Å². The standard InChI is InChI=1S/C14H23N5O/c1-3-4-6-12-13(15-2)17-14(20)19(12)9-5-8-18-10-7-16-11-18/h7,10-11,15H,3-6,8-9H2,1-2H3,(H,17,20). The molecule has 0 aliphatic carbocycles. The Balaban J connectivity index is 2.05. The van der Waals surface area contributed by atoms with Gasteiger partial charge in [-0.15, -0.1) is 0 Å². The minimum absolute atomic E-state index is 0.0221. The fraction of sp³-hybridized carbons (Fsp3) is 0.571. The number of hydrogen-bond acceptors (Lipinski definition) is 3. The molecule has 0 bridgehead atoms. The number of aromatic nitrogens is 4. The lowest BCUT2D eigenvalue weighted by atomic mass is 10.2. The number of nitrogens with one attached hydrogen (secondary N) is 2. The predicted octanol–water partition coefficient (Wildman–Crippen LogP) is 1.85. The average Bonchev–Trinajstić information content (AvgIpc) is 3.06. The fourth-order valence-corrected chi connectivity index (χ4v) is 2.38. The van der Waals surface area contributed by atoms with Gasteiger partial charge in [0.05, 0.1) is 12.0 Å². The summed E-state index contributed by atoms with van der Waals surface area (Å²) in [7, 11) is 1.84. The molecule has 110 valence electrons. The number of hydrogen-bond donors (Lipinski definition) is 2. The Morgan fingerprint density at radius 2 is 2.20 bits per heavy atom. The van der Waals surface area contributed by atoms with Gasteiger partial charge in [0.25, 0.3) is 0 Å². The molecule has 20 heavy (non-hydrogen) atoms. The van der Waals surface area contributed by atoms with Crippen molar-refractivity contribution in [2.75, 3.05) is 12.4 Å². The van der Waals surface area contributed by atoms with Gasteiger partial charge in [0, 0.05) is 32.5 Å². The molecule has 0 saturated heterocycles. The van der Waals surface area contributed by atoms with Crippen LogP contribution in [0.3, 0.4) is 0 Å². The largest absolute Gasteiger partial charge is 0.373 e. The van der Waals surface area contributed by atoms with Gasteiger partial charge in [-0.3, -0.25) is 9.55 Å². The van der Waals surface area contributed by atoms with Crippen molar-refractivity contribution in [2.24, 2.45) is 0 Å². The van der Waals surface area contributed by atoms with Crippen LogP contribution in [0.1, 0.15) is 31.9 Å². The molecule has 6 nitrogen and oxygen atoms in total. The number of aryl methyl sites for hydroxylation is 1. The van der Waals surface area contributed by atoms with Gasteiger partial charge >= 0.3 is 5.69 Å². The number of aromatic amines is 1. The highest BCUT2D eigenvalue weighted by atomic mass is 16.1. The first-order valence-electron chi connectivity index (χ1n) is 7.21. The van der Waals surface area contributed by atoms with Crippen molar-refractivity contribution in [1.82, 2.24) is 19.1 Å². The Kier molecular flexibility index (Phi) is 5.03. The molecular formula is C14H23N5O. The molecule has 0 amide bonds. The van der Waals surface area contributed by atoms with Crippen molar-refractivity contribution in [3.8, 4) is 0 Å². The second-order valence-corrected chi connectivity index (χ2v) is 4.91. The molecule has 0 unspecified atom stereocenters. The Morgan fingerprint density at radius 1 is 1.35 bits per heavy atom. The van der Waals surface area contributed by atoms with Crippen LogP contribution in [-0.2, 0) is 19.5 Å². The quantitative estimate of drug-likeness (QED) is 0.773. The molecule has 2 aromatic heterocycles. The first kappa shape index (κ1) is 14.4. The van der Waals surface area contributed by atoms with Gasteiger partial charge in [-0.25, -0.2) is 9.78 Å². The van der Waals surface area contributed by atoms with Crippen molar-refractivity contribution in [3.05, 3.63) is 34.9 Å². The highest BCUT2D eigenvalue weighted by Crippen LogP contribution is 2.14. The summed E-state index contributed by atoms with van der Waals surface area (Å²) in [6.45, 7) is 3.77. The summed E-state index contributed by atoms with van der Waals surface area (Å²) in [5.41, 5.74) is 1.07. The van der Waals surface area contributed by atoms with Gasteiger partial charge in [0.2, 0.25) is 0 Å². The van der Waals surface area contributed by atoms with E-state index < -0.39 is 0 Å². The molecule has 6 heteroatoms. The van der Waals surface area contributed by atoms with Crippen LogP contribution in [0.2, 0.25) is 0 Å². The number of imidazole rings is 2. The normalized spacial score (nSPS) is 10.9. The lowest BCUT2D eigenvalue weighted by molar-refractivity contribution is 0.537. The fourth-order valence-electron chi connectivity index (χ4n) is 2.38. The molecule has 0 spiro atoms. The lowest BCUT2D eigenvalue weighted by Crippen LogP contribution is -2.20. The van der Waals surface area contributed by atoms with Crippen LogP contribution in [-0.4, -0.2) is 26.1 Å². The van der Waals surface area contributed by atoms with Crippen LogP contribution < -0.4 is 11.0 Å². The van der Waals surface area contributed by atoms with Crippen molar-refractivity contribution < 1.29 is 0 Å². The Hall–Kier alpha value is -1.98. The van der Waals surface area contributed by atoms with E-state index in [2.05, 4.69) is 22.2 Å². The highest BCUT2D eigenvalue weighted by Gasteiger charge is 2.12. The molecule has 0 aliphatic rings. The molecule has 0 atom stereocenters. The molecule has 0 aliphatic heterocycles. The van der Waals surface area contributed by atoms with E-state index in [0.29, 0.717) is 0 Å². The maximum atomic E-state index is 12.0. The van der Waals surface area contributed by atoms with E-state index in [1.165, 1.54) is 0 Å². The lowest BCUT2D eigenvalue weighted by Gasteiger charge is -2.09. The number of H-pyrrole nitrogens is 1. The summed E-state index contributed by atoms with van der Waals surface area (Å²) < 4.78 is 3.89. The maximum Gasteiger partial charge on any atom is 0.327 e. The molecule has 0 saturated carbocycles. The number of unbranched alkanes of at least 4 members (excludes halogenated alkanes) is 1. The van der Waals surface area contributed by atoms with E-state index in [4.69, 9.17) is 0 Å². The van der Waals surface area contributed by atoms with Crippen LogP contribution in [0.4, 0.5) is 5.82 Å². The summed E-state index contributed by atoms with van der Waals surface area (Å²) in [5.74, 6) is 0.853. The predicted molar refractivity (Wildman–Crippen MR) is 80.1 cm³/mol. The van der Waals surface area contributed by atoms with Gasteiger partial charge in [0.15, 0.2) is 0 Å². The van der Waals surface area contributed by atoms with Crippen molar-refractivity contribution in [3.63, 3.8) is 0 Å². The van der Waals surface area contributed by atoms with Crippen LogP contribution in [0, 0.1) is 0 Å². The van der Waals surface area contributed by atoms with E-state index in [-0.39, 0.29) is 5.69 Å². The molecule has 0 aromatic carbocycles. The topological polar surface area (TPSA) is 67.6 Å². The summed E-state index contributed by atoms with van der Waals surface area (Å²) >= 11 is 0. The van der Waals surface area contributed by atoms with Gasteiger partial charge < -0.3 is 9.88 Å². The van der Waals surface area contributed by atoms with Crippen molar-refractivity contribution >= 4 is 5.82 Å². The first-order valence-corrected chi connectivity index (χ1v) is 7.21. The molecule has 0 radical (unpaired) electrons. The summed E-state index contributed by atoms with van der Waals surface area (Å²) in [6.07, 6.45) is 9.57. The minimum Gasteiger partial charge on any atom is -0.373 e. The van der Waals surface area contributed by atoms with Crippen LogP contribution >= 0.6 is 0 Å². The number of nitrogens with zero attached hydrogens (tertiary/aromatic N) is 3. The Bertz CT molecular complexity index is 567. The maximum absolute atomic E-state index is 12.0. The molecule has 2 heterocycles.